The summed E-state index contributed by atoms with van der Waals surface area (Å²) in [5.74, 6) is 4.01. The molecule has 106 valence electrons. The molecule has 0 saturated carbocycles. The molecule has 2 aliphatic rings. The molecule has 2 fully saturated rings. The van der Waals surface area contributed by atoms with Gasteiger partial charge in [0.1, 0.15) is 0 Å². The first kappa shape index (κ1) is 14.7. The maximum Gasteiger partial charge on any atom is 0.0701 e. The molecule has 2 aliphatic heterocycles. The Hall–Kier alpha value is 0.270. The van der Waals surface area contributed by atoms with Crippen LogP contribution in [0.15, 0.2) is 0 Å². The van der Waals surface area contributed by atoms with Gasteiger partial charge in [-0.2, -0.15) is 11.8 Å². The predicted molar refractivity (Wildman–Crippen MR) is 80.0 cm³/mol. The first-order valence-corrected chi connectivity index (χ1v) is 8.74. The van der Waals surface area contributed by atoms with Crippen LogP contribution in [0, 0.1) is 11.8 Å². The van der Waals surface area contributed by atoms with E-state index in [1.807, 2.05) is 0 Å². The normalized spacial score (nSPS) is 29.7. The Balaban J connectivity index is 1.85. The van der Waals surface area contributed by atoms with Gasteiger partial charge in [0.2, 0.25) is 0 Å². The molecule has 1 spiro atoms. The third-order valence-electron chi connectivity index (χ3n) is 4.62. The fraction of sp³-hybridized carbons (Fsp3) is 1.00. The SMILES string of the molecule is CC(C)CCC(N)C1CCOC2(CCSCC2)C1. The molecular weight excluding hydrogens is 242 g/mol. The van der Waals surface area contributed by atoms with Gasteiger partial charge in [0.25, 0.3) is 0 Å². The van der Waals surface area contributed by atoms with E-state index < -0.39 is 0 Å². The topological polar surface area (TPSA) is 35.2 Å². The van der Waals surface area contributed by atoms with E-state index in [-0.39, 0.29) is 5.60 Å². The molecule has 2 atom stereocenters. The zero-order chi connectivity index (χ0) is 13.0. The van der Waals surface area contributed by atoms with Crippen LogP contribution in [-0.4, -0.2) is 29.8 Å². The highest BCUT2D eigenvalue weighted by Crippen LogP contribution is 2.40. The molecule has 2 N–H and O–H groups in total. The van der Waals surface area contributed by atoms with Crippen LogP contribution in [0.2, 0.25) is 0 Å². The van der Waals surface area contributed by atoms with Gasteiger partial charge >= 0.3 is 0 Å². The van der Waals surface area contributed by atoms with Gasteiger partial charge in [-0.3, -0.25) is 0 Å². The molecule has 3 heteroatoms. The Kier molecular flexibility index (Phi) is 5.40. The molecule has 18 heavy (non-hydrogen) atoms. The van der Waals surface area contributed by atoms with Gasteiger partial charge in [-0.15, -0.1) is 0 Å². The van der Waals surface area contributed by atoms with Crippen molar-refractivity contribution in [2.45, 2.75) is 64.0 Å². The zero-order valence-electron chi connectivity index (χ0n) is 12.0. The van der Waals surface area contributed by atoms with Crippen molar-refractivity contribution in [2.75, 3.05) is 18.1 Å². The van der Waals surface area contributed by atoms with E-state index in [0.29, 0.717) is 12.0 Å². The molecule has 2 saturated heterocycles. The van der Waals surface area contributed by atoms with Crippen molar-refractivity contribution >= 4 is 11.8 Å². The lowest BCUT2D eigenvalue weighted by Gasteiger charge is -2.45. The summed E-state index contributed by atoms with van der Waals surface area (Å²) < 4.78 is 6.14. The highest BCUT2D eigenvalue weighted by atomic mass is 32.2. The van der Waals surface area contributed by atoms with Crippen LogP contribution in [0.25, 0.3) is 0 Å². The molecule has 2 unspecified atom stereocenters. The molecule has 2 rings (SSSR count). The monoisotopic (exact) mass is 271 g/mol. The highest BCUT2D eigenvalue weighted by molar-refractivity contribution is 7.99. The van der Waals surface area contributed by atoms with E-state index in [9.17, 15) is 0 Å². The summed E-state index contributed by atoms with van der Waals surface area (Å²) in [5, 5.41) is 0. The van der Waals surface area contributed by atoms with E-state index >= 15 is 0 Å². The molecule has 0 bridgehead atoms. The molecule has 0 aromatic heterocycles. The van der Waals surface area contributed by atoms with Crippen molar-refractivity contribution in [3.63, 3.8) is 0 Å². The van der Waals surface area contributed by atoms with E-state index in [1.54, 1.807) is 0 Å². The van der Waals surface area contributed by atoms with Crippen molar-refractivity contribution in [1.82, 2.24) is 0 Å². The minimum Gasteiger partial charge on any atom is -0.375 e. The lowest BCUT2D eigenvalue weighted by atomic mass is 9.77. The third-order valence-corrected chi connectivity index (χ3v) is 5.60. The second-order valence-corrected chi connectivity index (χ2v) is 7.76. The predicted octanol–water partition coefficient (Wildman–Crippen LogP) is 3.44. The van der Waals surface area contributed by atoms with Crippen molar-refractivity contribution in [3.05, 3.63) is 0 Å². The van der Waals surface area contributed by atoms with E-state index in [4.69, 9.17) is 10.5 Å². The first-order chi connectivity index (χ1) is 8.61. The standard InChI is InChI=1S/C15H29NOS/c1-12(2)3-4-14(16)13-5-8-17-15(11-13)6-9-18-10-7-15/h12-14H,3-11,16H2,1-2H3. The zero-order valence-corrected chi connectivity index (χ0v) is 12.8. The molecule has 0 aromatic carbocycles. The summed E-state index contributed by atoms with van der Waals surface area (Å²) in [4.78, 5) is 0. The van der Waals surface area contributed by atoms with Crippen LogP contribution < -0.4 is 5.73 Å². The summed E-state index contributed by atoms with van der Waals surface area (Å²) in [5.41, 5.74) is 6.62. The van der Waals surface area contributed by atoms with Gasteiger partial charge in [0.15, 0.2) is 0 Å². The number of thioether (sulfide) groups is 1. The summed E-state index contributed by atoms with van der Waals surface area (Å²) in [7, 11) is 0. The van der Waals surface area contributed by atoms with Crippen LogP contribution in [0.1, 0.15) is 52.4 Å². The van der Waals surface area contributed by atoms with E-state index in [0.717, 1.165) is 12.5 Å². The largest absolute Gasteiger partial charge is 0.375 e. The fourth-order valence-electron chi connectivity index (χ4n) is 3.28. The fourth-order valence-corrected chi connectivity index (χ4v) is 4.52. The Labute approximate surface area is 116 Å². The van der Waals surface area contributed by atoms with E-state index in [1.165, 1.54) is 50.0 Å². The molecule has 0 aliphatic carbocycles. The number of nitrogens with two attached hydrogens (primary N) is 1. The van der Waals surface area contributed by atoms with Crippen LogP contribution in [0.4, 0.5) is 0 Å². The number of hydrogen-bond donors (Lipinski definition) is 1. The number of ether oxygens (including phenoxy) is 1. The van der Waals surface area contributed by atoms with Crippen LogP contribution >= 0.6 is 11.8 Å². The molecule has 0 radical (unpaired) electrons. The van der Waals surface area contributed by atoms with Gasteiger partial charge in [-0.1, -0.05) is 13.8 Å². The van der Waals surface area contributed by atoms with Crippen molar-refractivity contribution in [2.24, 2.45) is 17.6 Å². The average Bonchev–Trinajstić information content (AvgIpc) is 2.37. The Morgan fingerprint density at radius 1 is 1.28 bits per heavy atom. The third kappa shape index (κ3) is 3.88. The summed E-state index contributed by atoms with van der Waals surface area (Å²) in [6.07, 6.45) is 7.33. The van der Waals surface area contributed by atoms with Crippen LogP contribution in [-0.2, 0) is 4.74 Å². The van der Waals surface area contributed by atoms with E-state index in [2.05, 4.69) is 25.6 Å². The van der Waals surface area contributed by atoms with Gasteiger partial charge in [-0.05, 0) is 61.9 Å². The minimum absolute atomic E-state index is 0.198. The Bertz CT molecular complexity index is 245. The molecule has 2 heterocycles. The lowest BCUT2D eigenvalue weighted by Crippen LogP contribution is -2.47. The lowest BCUT2D eigenvalue weighted by molar-refractivity contribution is -0.106. The Morgan fingerprint density at radius 3 is 2.67 bits per heavy atom. The smallest absolute Gasteiger partial charge is 0.0701 e. The molecular formula is C15H29NOS. The molecule has 2 nitrogen and oxygen atoms in total. The van der Waals surface area contributed by atoms with Crippen molar-refractivity contribution < 1.29 is 4.74 Å². The quantitative estimate of drug-likeness (QED) is 0.850. The van der Waals surface area contributed by atoms with Crippen LogP contribution in [0.3, 0.4) is 0 Å². The van der Waals surface area contributed by atoms with Gasteiger partial charge in [0, 0.05) is 12.6 Å². The number of hydrogen-bond acceptors (Lipinski definition) is 3. The van der Waals surface area contributed by atoms with Gasteiger partial charge in [0.05, 0.1) is 5.60 Å². The second-order valence-electron chi connectivity index (χ2n) is 6.53. The summed E-state index contributed by atoms with van der Waals surface area (Å²) >= 11 is 2.08. The van der Waals surface area contributed by atoms with Crippen molar-refractivity contribution in [1.29, 1.82) is 0 Å². The molecule has 0 amide bonds. The van der Waals surface area contributed by atoms with Gasteiger partial charge in [-0.25, -0.2) is 0 Å². The highest BCUT2D eigenvalue weighted by Gasteiger charge is 2.40. The summed E-state index contributed by atoms with van der Waals surface area (Å²) in [6, 6.07) is 0.391. The maximum absolute atomic E-state index is 6.43. The van der Waals surface area contributed by atoms with Crippen molar-refractivity contribution in [3.8, 4) is 0 Å². The summed E-state index contributed by atoms with van der Waals surface area (Å²) in [6.45, 7) is 5.51. The number of rotatable bonds is 4. The Morgan fingerprint density at radius 2 is 2.00 bits per heavy atom. The van der Waals surface area contributed by atoms with Gasteiger partial charge < -0.3 is 10.5 Å². The molecule has 0 aromatic rings. The minimum atomic E-state index is 0.198. The second kappa shape index (κ2) is 6.62. The average molecular weight is 271 g/mol. The first-order valence-electron chi connectivity index (χ1n) is 7.59. The van der Waals surface area contributed by atoms with Crippen LogP contribution in [0.5, 0.6) is 0 Å². The maximum atomic E-state index is 6.43.